The standard InChI is InChI=1S/C22H22N2O2S/c25-27(26,22-11-5-9-18-7-3-4-10-21(18)22)24-15-20(16-24)23-13-12-17-6-1-2-8-19(17)14-23/h1-11,20H,12-16H2. The highest BCUT2D eigenvalue weighted by Crippen LogP contribution is 2.31. The van der Waals surface area contributed by atoms with Gasteiger partial charge in [-0.15, -0.1) is 0 Å². The van der Waals surface area contributed by atoms with Crippen molar-refractivity contribution < 1.29 is 8.42 Å². The van der Waals surface area contributed by atoms with Gasteiger partial charge in [0.2, 0.25) is 10.0 Å². The molecule has 27 heavy (non-hydrogen) atoms. The molecule has 0 saturated carbocycles. The molecule has 0 atom stereocenters. The first-order valence-corrected chi connectivity index (χ1v) is 10.9. The Morgan fingerprint density at radius 3 is 2.37 bits per heavy atom. The zero-order valence-corrected chi connectivity index (χ0v) is 15.9. The van der Waals surface area contributed by atoms with Crippen molar-refractivity contribution in [3.8, 4) is 0 Å². The normalized spacial score (nSPS) is 19.0. The van der Waals surface area contributed by atoms with Crippen molar-refractivity contribution in [1.82, 2.24) is 9.21 Å². The third kappa shape index (κ3) is 2.87. The van der Waals surface area contributed by atoms with E-state index in [1.165, 1.54) is 11.1 Å². The average molecular weight is 378 g/mol. The lowest BCUT2D eigenvalue weighted by Crippen LogP contribution is -2.61. The maximum Gasteiger partial charge on any atom is 0.243 e. The summed E-state index contributed by atoms with van der Waals surface area (Å²) in [5.41, 5.74) is 2.80. The van der Waals surface area contributed by atoms with Gasteiger partial charge in [-0.3, -0.25) is 4.90 Å². The van der Waals surface area contributed by atoms with E-state index in [-0.39, 0.29) is 0 Å². The number of hydrogen-bond acceptors (Lipinski definition) is 3. The van der Waals surface area contributed by atoms with Crippen LogP contribution in [0.1, 0.15) is 11.1 Å². The minimum absolute atomic E-state index is 0.308. The first-order chi connectivity index (χ1) is 13.1. The fourth-order valence-corrected chi connectivity index (χ4v) is 5.96. The summed E-state index contributed by atoms with van der Waals surface area (Å²) in [4.78, 5) is 2.85. The zero-order valence-electron chi connectivity index (χ0n) is 15.1. The SMILES string of the molecule is O=S(=O)(c1cccc2ccccc12)N1CC(N2CCc3ccccc3C2)C1. The predicted molar refractivity (Wildman–Crippen MR) is 107 cm³/mol. The van der Waals surface area contributed by atoms with Gasteiger partial charge < -0.3 is 0 Å². The summed E-state index contributed by atoms with van der Waals surface area (Å²) in [6, 6.07) is 22.1. The molecule has 3 aromatic rings. The summed E-state index contributed by atoms with van der Waals surface area (Å²) in [6.07, 6.45) is 1.04. The van der Waals surface area contributed by atoms with Crippen LogP contribution >= 0.6 is 0 Å². The van der Waals surface area contributed by atoms with E-state index in [2.05, 4.69) is 29.2 Å². The Morgan fingerprint density at radius 2 is 1.52 bits per heavy atom. The summed E-state index contributed by atoms with van der Waals surface area (Å²) in [5.74, 6) is 0. The molecule has 5 rings (SSSR count). The van der Waals surface area contributed by atoms with E-state index < -0.39 is 10.0 Å². The number of hydrogen-bond donors (Lipinski definition) is 0. The highest BCUT2D eigenvalue weighted by Gasteiger charge is 2.40. The summed E-state index contributed by atoms with van der Waals surface area (Å²) in [6.45, 7) is 3.08. The Kier molecular flexibility index (Phi) is 4.04. The molecule has 0 spiro atoms. The second kappa shape index (κ2) is 6.44. The second-order valence-electron chi connectivity index (χ2n) is 7.44. The monoisotopic (exact) mass is 378 g/mol. The maximum absolute atomic E-state index is 13.2. The fourth-order valence-electron chi connectivity index (χ4n) is 4.23. The number of rotatable bonds is 3. The van der Waals surface area contributed by atoms with Gasteiger partial charge in [0.15, 0.2) is 0 Å². The molecule has 5 heteroatoms. The molecule has 1 saturated heterocycles. The Labute approximate surface area is 160 Å². The van der Waals surface area contributed by atoms with Crippen LogP contribution < -0.4 is 0 Å². The highest BCUT2D eigenvalue weighted by atomic mass is 32.2. The number of sulfonamides is 1. The van der Waals surface area contributed by atoms with Crippen LogP contribution in [0.25, 0.3) is 10.8 Å². The smallest absolute Gasteiger partial charge is 0.243 e. The minimum Gasteiger partial charge on any atom is -0.293 e. The topological polar surface area (TPSA) is 40.6 Å². The number of benzene rings is 3. The minimum atomic E-state index is -3.45. The molecule has 2 heterocycles. The van der Waals surface area contributed by atoms with Crippen molar-refractivity contribution >= 4 is 20.8 Å². The van der Waals surface area contributed by atoms with Crippen LogP contribution in [0, 0.1) is 0 Å². The van der Waals surface area contributed by atoms with Gasteiger partial charge in [-0.25, -0.2) is 8.42 Å². The first-order valence-electron chi connectivity index (χ1n) is 9.42. The quantitative estimate of drug-likeness (QED) is 0.702. The predicted octanol–water partition coefficient (Wildman–Crippen LogP) is 3.27. The van der Waals surface area contributed by atoms with E-state index in [0.29, 0.717) is 24.0 Å². The van der Waals surface area contributed by atoms with Crippen molar-refractivity contribution in [2.45, 2.75) is 23.9 Å². The number of nitrogens with zero attached hydrogens (tertiary/aromatic N) is 2. The molecule has 0 aromatic heterocycles. The lowest BCUT2D eigenvalue weighted by atomic mass is 9.97. The van der Waals surface area contributed by atoms with Crippen LogP contribution in [-0.2, 0) is 23.0 Å². The molecule has 138 valence electrons. The molecule has 0 amide bonds. The maximum atomic E-state index is 13.2. The van der Waals surface area contributed by atoms with E-state index in [1.54, 1.807) is 10.4 Å². The van der Waals surface area contributed by atoms with Crippen molar-refractivity contribution in [3.05, 3.63) is 77.9 Å². The Hall–Kier alpha value is -2.21. The molecule has 0 N–H and O–H groups in total. The second-order valence-corrected chi connectivity index (χ2v) is 9.35. The lowest BCUT2D eigenvalue weighted by Gasteiger charge is -2.46. The molecule has 3 aromatic carbocycles. The van der Waals surface area contributed by atoms with Gasteiger partial charge in [0, 0.05) is 37.6 Å². The highest BCUT2D eigenvalue weighted by molar-refractivity contribution is 7.89. The summed E-state index contributed by atoms with van der Waals surface area (Å²) in [5, 5.41) is 1.76. The molecule has 0 bridgehead atoms. The van der Waals surface area contributed by atoms with E-state index in [4.69, 9.17) is 0 Å². The van der Waals surface area contributed by atoms with Crippen molar-refractivity contribution in [2.75, 3.05) is 19.6 Å². The average Bonchev–Trinajstić information content (AvgIpc) is 2.66. The molecule has 2 aliphatic heterocycles. The summed E-state index contributed by atoms with van der Waals surface area (Å²) >= 11 is 0. The van der Waals surface area contributed by atoms with Crippen LogP contribution in [0.2, 0.25) is 0 Å². The Bertz CT molecular complexity index is 1100. The lowest BCUT2D eigenvalue weighted by molar-refractivity contribution is 0.0769. The van der Waals surface area contributed by atoms with Crippen LogP contribution in [0.3, 0.4) is 0 Å². The van der Waals surface area contributed by atoms with Crippen molar-refractivity contribution in [3.63, 3.8) is 0 Å². The van der Waals surface area contributed by atoms with E-state index in [1.807, 2.05) is 36.4 Å². The van der Waals surface area contributed by atoms with Crippen LogP contribution in [-0.4, -0.2) is 43.3 Å². The third-order valence-electron chi connectivity index (χ3n) is 5.87. The van der Waals surface area contributed by atoms with E-state index in [0.717, 1.165) is 30.3 Å². The molecule has 0 radical (unpaired) electrons. The summed E-state index contributed by atoms with van der Waals surface area (Å²) < 4.78 is 28.0. The van der Waals surface area contributed by atoms with Crippen LogP contribution in [0.15, 0.2) is 71.6 Å². The Morgan fingerprint density at radius 1 is 0.815 bits per heavy atom. The first kappa shape index (κ1) is 16.9. The largest absolute Gasteiger partial charge is 0.293 e. The van der Waals surface area contributed by atoms with Crippen LogP contribution in [0.4, 0.5) is 0 Å². The molecule has 0 unspecified atom stereocenters. The van der Waals surface area contributed by atoms with Gasteiger partial charge in [-0.05, 0) is 29.0 Å². The van der Waals surface area contributed by atoms with Gasteiger partial charge in [0.1, 0.15) is 0 Å². The van der Waals surface area contributed by atoms with Crippen LogP contribution in [0.5, 0.6) is 0 Å². The van der Waals surface area contributed by atoms with Crippen molar-refractivity contribution in [2.24, 2.45) is 0 Å². The van der Waals surface area contributed by atoms with Gasteiger partial charge in [-0.1, -0.05) is 60.7 Å². The Balaban J connectivity index is 1.34. The van der Waals surface area contributed by atoms with E-state index >= 15 is 0 Å². The zero-order chi connectivity index (χ0) is 18.4. The van der Waals surface area contributed by atoms with Gasteiger partial charge in [0.25, 0.3) is 0 Å². The van der Waals surface area contributed by atoms with Crippen molar-refractivity contribution in [1.29, 1.82) is 0 Å². The molecular formula is C22H22N2O2S. The van der Waals surface area contributed by atoms with Gasteiger partial charge in [-0.2, -0.15) is 4.31 Å². The molecule has 2 aliphatic rings. The number of fused-ring (bicyclic) bond motifs is 2. The molecule has 1 fully saturated rings. The van der Waals surface area contributed by atoms with Gasteiger partial charge in [0.05, 0.1) is 4.90 Å². The fraction of sp³-hybridized carbons (Fsp3) is 0.273. The third-order valence-corrected chi connectivity index (χ3v) is 7.76. The van der Waals surface area contributed by atoms with Gasteiger partial charge >= 0.3 is 0 Å². The van der Waals surface area contributed by atoms with E-state index in [9.17, 15) is 8.42 Å². The molecular weight excluding hydrogens is 356 g/mol. The molecule has 4 nitrogen and oxygen atoms in total. The molecule has 0 aliphatic carbocycles. The summed E-state index contributed by atoms with van der Waals surface area (Å²) in [7, 11) is -3.45.